The number of aliphatic hydroxyl groups excluding tert-OH is 1. The van der Waals surface area contributed by atoms with Crippen molar-refractivity contribution >= 4 is 17.4 Å². The van der Waals surface area contributed by atoms with E-state index in [1.54, 1.807) is 37.4 Å². The highest BCUT2D eigenvalue weighted by Gasteiger charge is 2.46. The summed E-state index contributed by atoms with van der Waals surface area (Å²) in [6, 6.07) is 7.63. The minimum absolute atomic E-state index is 0.00387. The normalized spacial score (nSPS) is 19.5. The first-order valence-corrected chi connectivity index (χ1v) is 12.4. The lowest BCUT2D eigenvalue weighted by atomic mass is 9.94. The molecule has 2 saturated heterocycles. The second-order valence-corrected chi connectivity index (χ2v) is 9.09. The third-order valence-electron chi connectivity index (χ3n) is 6.97. The van der Waals surface area contributed by atoms with Crippen molar-refractivity contribution in [3.05, 3.63) is 52.6 Å². The summed E-state index contributed by atoms with van der Waals surface area (Å²) in [5.41, 5.74) is 1.73. The Bertz CT molecular complexity index is 1210. The topological polar surface area (TPSA) is 107 Å². The summed E-state index contributed by atoms with van der Waals surface area (Å²) in [5, 5.41) is 11.4. The second kappa shape index (κ2) is 11.7. The zero-order chi connectivity index (χ0) is 27.4. The number of methoxy groups -OCH3 is 4. The Morgan fingerprint density at radius 3 is 2.11 bits per heavy atom. The van der Waals surface area contributed by atoms with Crippen LogP contribution in [-0.4, -0.2) is 94.4 Å². The lowest BCUT2D eigenvalue weighted by molar-refractivity contribution is -0.140. The van der Waals surface area contributed by atoms with Crippen molar-refractivity contribution in [3.63, 3.8) is 0 Å². The van der Waals surface area contributed by atoms with E-state index in [9.17, 15) is 14.7 Å². The molecular formula is C28H34N2O8. The van der Waals surface area contributed by atoms with E-state index in [0.29, 0.717) is 53.9 Å². The van der Waals surface area contributed by atoms with Crippen molar-refractivity contribution < 1.29 is 38.4 Å². The SMILES string of the molecule is COc1ccc(C(O)=C2C(=O)C(=O)N(CCN3CCOCC3)[C@H]2c2cc(OC)c(OC)c(OC)c2)cc1C. The molecule has 2 fully saturated rings. The van der Waals surface area contributed by atoms with Gasteiger partial charge in [-0.1, -0.05) is 0 Å². The lowest BCUT2D eigenvalue weighted by Crippen LogP contribution is -2.42. The molecule has 4 rings (SSSR count). The molecule has 1 amide bonds. The summed E-state index contributed by atoms with van der Waals surface area (Å²) in [6.07, 6.45) is 0. The zero-order valence-corrected chi connectivity index (χ0v) is 22.4. The van der Waals surface area contributed by atoms with Gasteiger partial charge < -0.3 is 33.7 Å². The first-order chi connectivity index (χ1) is 18.3. The van der Waals surface area contributed by atoms with Crippen LogP contribution in [0, 0.1) is 6.92 Å². The molecule has 2 aromatic rings. The number of amides is 1. The molecule has 10 nitrogen and oxygen atoms in total. The van der Waals surface area contributed by atoms with Gasteiger partial charge in [0.2, 0.25) is 5.75 Å². The fourth-order valence-electron chi connectivity index (χ4n) is 4.97. The fraction of sp³-hybridized carbons (Fsp3) is 0.429. The predicted molar refractivity (Wildman–Crippen MR) is 140 cm³/mol. The number of nitrogens with zero attached hydrogens (tertiary/aromatic N) is 2. The van der Waals surface area contributed by atoms with Crippen molar-refractivity contribution in [1.82, 2.24) is 9.80 Å². The van der Waals surface area contributed by atoms with Crippen molar-refractivity contribution in [2.75, 3.05) is 67.8 Å². The lowest BCUT2D eigenvalue weighted by Gasteiger charge is -2.31. The number of morpholine rings is 1. The second-order valence-electron chi connectivity index (χ2n) is 9.09. The minimum atomic E-state index is -0.868. The number of aliphatic hydroxyl groups is 1. The Morgan fingerprint density at radius 1 is 0.921 bits per heavy atom. The number of ketones is 1. The van der Waals surface area contributed by atoms with Crippen LogP contribution in [-0.2, 0) is 14.3 Å². The Labute approximate surface area is 222 Å². The Hall–Kier alpha value is -3.76. The molecule has 1 atom stereocenters. The Balaban J connectivity index is 1.85. The van der Waals surface area contributed by atoms with Gasteiger partial charge in [0.1, 0.15) is 11.5 Å². The molecule has 38 heavy (non-hydrogen) atoms. The van der Waals surface area contributed by atoms with E-state index in [4.69, 9.17) is 23.7 Å². The molecule has 2 aliphatic heterocycles. The van der Waals surface area contributed by atoms with Gasteiger partial charge in [-0.2, -0.15) is 0 Å². The van der Waals surface area contributed by atoms with Crippen LogP contribution in [0.3, 0.4) is 0 Å². The van der Waals surface area contributed by atoms with Crippen LogP contribution >= 0.6 is 0 Å². The Kier molecular flexibility index (Phi) is 8.43. The number of aryl methyl sites for hydroxylation is 1. The number of hydrogen-bond donors (Lipinski definition) is 1. The van der Waals surface area contributed by atoms with E-state index in [-0.39, 0.29) is 17.9 Å². The maximum Gasteiger partial charge on any atom is 0.295 e. The average molecular weight is 527 g/mol. The maximum absolute atomic E-state index is 13.5. The van der Waals surface area contributed by atoms with E-state index < -0.39 is 17.7 Å². The standard InChI is InChI=1S/C28H34N2O8/c1-17-14-18(6-7-20(17)34-2)25(31)23-24(19-15-21(35-3)27(37-5)22(16-19)36-4)30(28(33)26(23)32)9-8-29-10-12-38-13-11-29/h6-7,14-16,24,31H,8-13H2,1-5H3/t24-/m0/s1. The molecule has 0 unspecified atom stereocenters. The van der Waals surface area contributed by atoms with Crippen LogP contribution in [0.15, 0.2) is 35.9 Å². The molecule has 0 bridgehead atoms. The highest BCUT2D eigenvalue weighted by molar-refractivity contribution is 6.46. The third kappa shape index (κ3) is 5.14. The number of benzene rings is 2. The van der Waals surface area contributed by atoms with Gasteiger partial charge in [0.05, 0.1) is 53.3 Å². The number of carbonyl (C=O) groups excluding carboxylic acids is 2. The first-order valence-electron chi connectivity index (χ1n) is 12.4. The van der Waals surface area contributed by atoms with Crippen LogP contribution in [0.25, 0.3) is 5.76 Å². The molecule has 2 aromatic carbocycles. The van der Waals surface area contributed by atoms with Gasteiger partial charge in [-0.3, -0.25) is 14.5 Å². The van der Waals surface area contributed by atoms with Gasteiger partial charge in [-0.15, -0.1) is 0 Å². The van der Waals surface area contributed by atoms with E-state index in [0.717, 1.165) is 18.7 Å². The number of likely N-dealkylation sites (tertiary alicyclic amines) is 1. The highest BCUT2D eigenvalue weighted by Crippen LogP contribution is 2.45. The van der Waals surface area contributed by atoms with Gasteiger partial charge in [-0.05, 0) is 48.4 Å². The van der Waals surface area contributed by atoms with Crippen molar-refractivity contribution in [1.29, 1.82) is 0 Å². The van der Waals surface area contributed by atoms with Crippen LogP contribution in [0.2, 0.25) is 0 Å². The number of carbonyl (C=O) groups is 2. The average Bonchev–Trinajstić information content (AvgIpc) is 3.20. The van der Waals surface area contributed by atoms with Gasteiger partial charge in [0, 0.05) is 31.7 Å². The van der Waals surface area contributed by atoms with Crippen molar-refractivity contribution in [2.24, 2.45) is 0 Å². The molecule has 0 aliphatic carbocycles. The zero-order valence-electron chi connectivity index (χ0n) is 22.4. The quantitative estimate of drug-likeness (QED) is 0.300. The maximum atomic E-state index is 13.5. The van der Waals surface area contributed by atoms with Gasteiger partial charge >= 0.3 is 0 Å². The van der Waals surface area contributed by atoms with Crippen LogP contribution in [0.5, 0.6) is 23.0 Å². The van der Waals surface area contributed by atoms with Gasteiger partial charge in [0.15, 0.2) is 11.5 Å². The predicted octanol–water partition coefficient (Wildman–Crippen LogP) is 2.78. The highest BCUT2D eigenvalue weighted by atomic mass is 16.5. The van der Waals surface area contributed by atoms with Crippen molar-refractivity contribution in [3.8, 4) is 23.0 Å². The molecule has 10 heteroatoms. The van der Waals surface area contributed by atoms with Crippen LogP contribution in [0.4, 0.5) is 0 Å². The van der Waals surface area contributed by atoms with Crippen LogP contribution in [0.1, 0.15) is 22.7 Å². The van der Waals surface area contributed by atoms with E-state index in [2.05, 4.69) is 4.90 Å². The summed E-state index contributed by atoms with van der Waals surface area (Å²) in [6.45, 7) is 5.39. The third-order valence-corrected chi connectivity index (χ3v) is 6.97. The molecule has 0 radical (unpaired) electrons. The smallest absolute Gasteiger partial charge is 0.295 e. The summed E-state index contributed by atoms with van der Waals surface area (Å²) in [5.74, 6) is 0.0903. The Morgan fingerprint density at radius 2 is 1.55 bits per heavy atom. The largest absolute Gasteiger partial charge is 0.507 e. The van der Waals surface area contributed by atoms with Crippen molar-refractivity contribution in [2.45, 2.75) is 13.0 Å². The number of ether oxygens (including phenoxy) is 5. The molecule has 0 spiro atoms. The van der Waals surface area contributed by atoms with E-state index >= 15 is 0 Å². The molecule has 0 saturated carbocycles. The number of rotatable bonds is 9. The van der Waals surface area contributed by atoms with Gasteiger partial charge in [-0.25, -0.2) is 0 Å². The fourth-order valence-corrected chi connectivity index (χ4v) is 4.97. The van der Waals surface area contributed by atoms with E-state index in [1.807, 2.05) is 6.92 Å². The number of hydrogen-bond acceptors (Lipinski definition) is 9. The molecule has 204 valence electrons. The summed E-state index contributed by atoms with van der Waals surface area (Å²) in [7, 11) is 6.06. The number of Topliss-reactive ketones (excluding diaryl/α,β-unsaturated/α-hetero) is 1. The molecule has 2 heterocycles. The monoisotopic (exact) mass is 526 g/mol. The molecule has 2 aliphatic rings. The van der Waals surface area contributed by atoms with Gasteiger partial charge in [0.25, 0.3) is 11.7 Å². The summed E-state index contributed by atoms with van der Waals surface area (Å²) >= 11 is 0. The first kappa shape index (κ1) is 27.3. The molecule has 0 aromatic heterocycles. The minimum Gasteiger partial charge on any atom is -0.507 e. The molecule has 1 N–H and O–H groups in total. The summed E-state index contributed by atoms with van der Waals surface area (Å²) in [4.78, 5) is 30.5. The summed E-state index contributed by atoms with van der Waals surface area (Å²) < 4.78 is 27.3. The molecular weight excluding hydrogens is 492 g/mol. The van der Waals surface area contributed by atoms with Crippen LogP contribution < -0.4 is 18.9 Å². The van der Waals surface area contributed by atoms with E-state index in [1.165, 1.54) is 26.2 Å².